The molecule has 1 aliphatic heterocycles. The number of aliphatic hydroxyl groups excluding tert-OH is 1. The van der Waals surface area contributed by atoms with Gasteiger partial charge < -0.3 is 9.52 Å². The van der Waals surface area contributed by atoms with E-state index in [1.165, 1.54) is 11.8 Å². The van der Waals surface area contributed by atoms with Gasteiger partial charge in [0.25, 0.3) is 5.91 Å². The normalized spacial score (nSPS) is 16.0. The molecule has 1 aliphatic rings. The summed E-state index contributed by atoms with van der Waals surface area (Å²) in [6, 6.07) is 15.2. The minimum atomic E-state index is -0.931. The Morgan fingerprint density at radius 1 is 1.09 bits per heavy atom. The van der Waals surface area contributed by atoms with Crippen LogP contribution in [-0.2, 0) is 4.79 Å². The molecule has 0 radical (unpaired) electrons. The maximum Gasteiger partial charge on any atom is 0.296 e. The molecule has 5 rings (SSSR count). The van der Waals surface area contributed by atoms with Crippen molar-refractivity contribution in [2.45, 2.75) is 26.8 Å². The third-order valence-electron chi connectivity index (χ3n) is 5.81. The van der Waals surface area contributed by atoms with E-state index in [-0.39, 0.29) is 22.2 Å². The summed E-state index contributed by atoms with van der Waals surface area (Å²) in [6.07, 6.45) is 0. The fraction of sp³-hybridized carbons (Fsp3) is 0.154. The van der Waals surface area contributed by atoms with Gasteiger partial charge in [-0.15, -0.1) is 0 Å². The number of thiazole rings is 1. The van der Waals surface area contributed by atoms with Crippen LogP contribution in [0.1, 0.15) is 50.0 Å². The number of Topliss-reactive ketones (excluding diaryl/α,β-unsaturated/α-hetero) is 2. The Morgan fingerprint density at radius 2 is 1.79 bits per heavy atom. The van der Waals surface area contributed by atoms with Crippen molar-refractivity contribution in [1.29, 1.82) is 0 Å². The number of rotatable bonds is 5. The number of aliphatic hydroxyl groups is 1. The zero-order chi connectivity index (χ0) is 24.1. The van der Waals surface area contributed by atoms with Crippen molar-refractivity contribution in [3.05, 3.63) is 93.4 Å². The molecule has 3 heterocycles. The molecule has 0 aliphatic carbocycles. The third kappa shape index (κ3) is 3.43. The highest BCUT2D eigenvalue weighted by Crippen LogP contribution is 2.44. The summed E-state index contributed by atoms with van der Waals surface area (Å²) in [4.78, 5) is 45.0. The molecule has 34 heavy (non-hydrogen) atoms. The van der Waals surface area contributed by atoms with Gasteiger partial charge in [0.15, 0.2) is 22.4 Å². The molecule has 2 aromatic heterocycles. The molecule has 0 spiro atoms. The van der Waals surface area contributed by atoms with Gasteiger partial charge in [0.1, 0.15) is 5.58 Å². The number of aryl methyl sites for hydroxylation is 2. The van der Waals surface area contributed by atoms with Crippen molar-refractivity contribution in [2.75, 3.05) is 4.90 Å². The molecule has 8 heteroatoms. The number of amides is 1. The summed E-state index contributed by atoms with van der Waals surface area (Å²) >= 11 is 1.06. The summed E-state index contributed by atoms with van der Waals surface area (Å²) < 4.78 is 5.74. The first-order valence-corrected chi connectivity index (χ1v) is 11.4. The summed E-state index contributed by atoms with van der Waals surface area (Å²) in [7, 11) is 0. The Hall–Kier alpha value is -4.04. The molecule has 0 unspecified atom stereocenters. The van der Waals surface area contributed by atoms with Gasteiger partial charge in [-0.1, -0.05) is 59.4 Å². The predicted octanol–water partition coefficient (Wildman–Crippen LogP) is 5.49. The Kier molecular flexibility index (Phi) is 5.17. The van der Waals surface area contributed by atoms with Crippen LogP contribution >= 0.6 is 11.3 Å². The third-order valence-corrected chi connectivity index (χ3v) is 7.06. The second-order valence-electron chi connectivity index (χ2n) is 8.20. The predicted molar refractivity (Wildman–Crippen MR) is 128 cm³/mol. The number of hydrogen-bond donors (Lipinski definition) is 1. The molecule has 0 saturated carbocycles. The minimum absolute atomic E-state index is 0.0225. The number of para-hydroxylation sites is 1. The molecule has 1 amide bonds. The smallest absolute Gasteiger partial charge is 0.296 e. The second-order valence-corrected chi connectivity index (χ2v) is 9.17. The highest BCUT2D eigenvalue weighted by atomic mass is 32.1. The highest BCUT2D eigenvalue weighted by molar-refractivity contribution is 7.17. The molecule has 0 fully saturated rings. The summed E-state index contributed by atoms with van der Waals surface area (Å²) in [6.45, 7) is 5.05. The number of benzene rings is 2. The van der Waals surface area contributed by atoms with E-state index in [4.69, 9.17) is 4.42 Å². The summed E-state index contributed by atoms with van der Waals surface area (Å²) in [5.74, 6) is -2.15. The average Bonchev–Trinajstić information content (AvgIpc) is 3.48. The maximum absolute atomic E-state index is 13.6. The van der Waals surface area contributed by atoms with E-state index in [1.807, 2.05) is 31.2 Å². The van der Waals surface area contributed by atoms with Gasteiger partial charge in [-0.2, -0.15) is 0 Å². The lowest BCUT2D eigenvalue weighted by Gasteiger charge is -2.24. The van der Waals surface area contributed by atoms with E-state index < -0.39 is 23.5 Å². The fourth-order valence-electron chi connectivity index (χ4n) is 4.14. The highest BCUT2D eigenvalue weighted by Gasteiger charge is 2.46. The van der Waals surface area contributed by atoms with Crippen LogP contribution in [0.3, 0.4) is 0 Å². The van der Waals surface area contributed by atoms with Crippen molar-refractivity contribution in [1.82, 2.24) is 4.98 Å². The number of carbonyl (C=O) groups excluding carboxylic acids is 3. The summed E-state index contributed by atoms with van der Waals surface area (Å²) in [5.41, 5.74) is 2.55. The lowest BCUT2D eigenvalue weighted by Crippen LogP contribution is -2.31. The lowest BCUT2D eigenvalue weighted by molar-refractivity contribution is -0.117. The molecule has 4 aromatic rings. The zero-order valence-corrected chi connectivity index (χ0v) is 19.5. The molecule has 2 aromatic carbocycles. The molecule has 0 saturated heterocycles. The second kappa shape index (κ2) is 8.07. The molecule has 170 valence electrons. The summed E-state index contributed by atoms with van der Waals surface area (Å²) in [5, 5.41) is 11.9. The topological polar surface area (TPSA) is 101 Å². The zero-order valence-electron chi connectivity index (χ0n) is 18.7. The SMILES string of the molecule is CC(=O)c1sc(N2C(=O)C(O)=C(C(=O)c3cc4ccccc4o3)[C@@H]2c2ccc(C)cc2)nc1C. The standard InChI is InChI=1S/C26H20N2O5S/c1-13-8-10-16(11-9-13)21-20(22(30)19-12-17-6-4-5-7-18(17)33-19)23(31)25(32)28(21)26-27-14(2)24(34-26)15(3)29/h4-12,21,31H,1-3H3/t21-/m0/s1. The number of furan rings is 1. The van der Waals surface area contributed by atoms with Crippen LogP contribution in [0.25, 0.3) is 11.0 Å². The number of fused-ring (bicyclic) bond motifs is 1. The first-order chi connectivity index (χ1) is 16.3. The number of nitrogens with zero attached hydrogens (tertiary/aromatic N) is 2. The van der Waals surface area contributed by atoms with E-state index in [0.717, 1.165) is 22.3 Å². The van der Waals surface area contributed by atoms with E-state index in [0.29, 0.717) is 21.7 Å². The molecular formula is C26H20N2O5S. The Balaban J connectivity index is 1.67. The number of hydrogen-bond acceptors (Lipinski definition) is 7. The Labute approximate surface area is 199 Å². The quantitative estimate of drug-likeness (QED) is 0.386. The maximum atomic E-state index is 13.6. The fourth-order valence-corrected chi connectivity index (χ4v) is 5.13. The van der Waals surface area contributed by atoms with Gasteiger partial charge in [-0.3, -0.25) is 19.3 Å². The molecule has 1 atom stereocenters. The Bertz CT molecular complexity index is 1480. The minimum Gasteiger partial charge on any atom is -0.503 e. The molecule has 1 N–H and O–H groups in total. The van der Waals surface area contributed by atoms with Crippen LogP contribution in [0.4, 0.5) is 5.13 Å². The number of carbonyl (C=O) groups is 3. The van der Waals surface area contributed by atoms with Crippen molar-refractivity contribution >= 4 is 44.9 Å². The monoisotopic (exact) mass is 472 g/mol. The number of aromatic nitrogens is 1. The first-order valence-electron chi connectivity index (χ1n) is 10.6. The van der Waals surface area contributed by atoms with Gasteiger partial charge in [0.2, 0.25) is 5.78 Å². The van der Waals surface area contributed by atoms with Crippen LogP contribution in [-0.4, -0.2) is 27.6 Å². The first kappa shape index (κ1) is 21.8. The van der Waals surface area contributed by atoms with Crippen LogP contribution in [0.15, 0.2) is 70.3 Å². The van der Waals surface area contributed by atoms with E-state index >= 15 is 0 Å². The van der Waals surface area contributed by atoms with Crippen molar-refractivity contribution in [3.8, 4) is 0 Å². The van der Waals surface area contributed by atoms with Crippen molar-refractivity contribution in [3.63, 3.8) is 0 Å². The largest absolute Gasteiger partial charge is 0.503 e. The van der Waals surface area contributed by atoms with Crippen molar-refractivity contribution < 1.29 is 23.9 Å². The van der Waals surface area contributed by atoms with Gasteiger partial charge >= 0.3 is 0 Å². The number of ketones is 2. The molecule has 7 nitrogen and oxygen atoms in total. The Morgan fingerprint density at radius 3 is 2.44 bits per heavy atom. The molecule has 0 bridgehead atoms. The van der Waals surface area contributed by atoms with Crippen molar-refractivity contribution in [2.24, 2.45) is 0 Å². The van der Waals surface area contributed by atoms with E-state index in [9.17, 15) is 19.5 Å². The lowest BCUT2D eigenvalue weighted by atomic mass is 9.94. The average molecular weight is 473 g/mol. The van der Waals surface area contributed by atoms with Crippen LogP contribution in [0, 0.1) is 13.8 Å². The van der Waals surface area contributed by atoms with Gasteiger partial charge in [0, 0.05) is 12.3 Å². The van der Waals surface area contributed by atoms with Crippen LogP contribution < -0.4 is 4.90 Å². The van der Waals surface area contributed by atoms with Gasteiger partial charge in [0.05, 0.1) is 22.2 Å². The van der Waals surface area contributed by atoms with E-state index in [2.05, 4.69) is 4.98 Å². The molecular weight excluding hydrogens is 452 g/mol. The van der Waals surface area contributed by atoms with Gasteiger partial charge in [-0.05, 0) is 31.5 Å². The van der Waals surface area contributed by atoms with E-state index in [1.54, 1.807) is 37.3 Å². The van der Waals surface area contributed by atoms with Crippen LogP contribution in [0.5, 0.6) is 0 Å². The van der Waals surface area contributed by atoms with Crippen LogP contribution in [0.2, 0.25) is 0 Å². The number of anilines is 1. The van der Waals surface area contributed by atoms with Gasteiger partial charge in [-0.25, -0.2) is 4.98 Å².